The predicted molar refractivity (Wildman–Crippen MR) is 56.9 cm³/mol. The first kappa shape index (κ1) is 11.1. The highest BCUT2D eigenvalue weighted by molar-refractivity contribution is 5.92. The number of aliphatic hydroxyl groups is 1. The SMILES string of the molecule is Cc1cc(C(=O)NCC2CCC(O)C2)no1. The van der Waals surface area contributed by atoms with E-state index < -0.39 is 0 Å². The van der Waals surface area contributed by atoms with Crippen LogP contribution in [0.25, 0.3) is 0 Å². The third kappa shape index (κ3) is 2.61. The molecule has 1 aromatic heterocycles. The maximum Gasteiger partial charge on any atom is 0.273 e. The summed E-state index contributed by atoms with van der Waals surface area (Å²) in [5.74, 6) is 0.798. The summed E-state index contributed by atoms with van der Waals surface area (Å²) in [4.78, 5) is 11.6. The van der Waals surface area contributed by atoms with Crippen LogP contribution in [0.2, 0.25) is 0 Å². The van der Waals surface area contributed by atoms with Crippen molar-refractivity contribution in [2.45, 2.75) is 32.3 Å². The van der Waals surface area contributed by atoms with Crippen molar-refractivity contribution < 1.29 is 14.4 Å². The molecule has 0 aliphatic heterocycles. The largest absolute Gasteiger partial charge is 0.393 e. The van der Waals surface area contributed by atoms with Crippen molar-refractivity contribution in [1.29, 1.82) is 0 Å². The Morgan fingerprint density at radius 3 is 3.06 bits per heavy atom. The van der Waals surface area contributed by atoms with Gasteiger partial charge in [0.05, 0.1) is 6.10 Å². The van der Waals surface area contributed by atoms with Gasteiger partial charge in [0.15, 0.2) is 5.69 Å². The number of aromatic nitrogens is 1. The van der Waals surface area contributed by atoms with Crippen molar-refractivity contribution >= 4 is 5.91 Å². The number of hydrogen-bond acceptors (Lipinski definition) is 4. The van der Waals surface area contributed by atoms with Crippen molar-refractivity contribution in [3.8, 4) is 0 Å². The van der Waals surface area contributed by atoms with Crippen LogP contribution in [0.1, 0.15) is 35.5 Å². The lowest BCUT2D eigenvalue weighted by Crippen LogP contribution is -2.28. The van der Waals surface area contributed by atoms with Crippen LogP contribution in [0.3, 0.4) is 0 Å². The molecule has 1 saturated carbocycles. The molecule has 1 amide bonds. The summed E-state index contributed by atoms with van der Waals surface area (Å²) in [7, 11) is 0. The van der Waals surface area contributed by atoms with Crippen molar-refractivity contribution in [3.05, 3.63) is 17.5 Å². The van der Waals surface area contributed by atoms with Crippen LogP contribution in [0, 0.1) is 12.8 Å². The molecule has 1 heterocycles. The fourth-order valence-corrected chi connectivity index (χ4v) is 2.03. The quantitative estimate of drug-likeness (QED) is 0.799. The van der Waals surface area contributed by atoms with E-state index in [0.29, 0.717) is 23.9 Å². The van der Waals surface area contributed by atoms with Gasteiger partial charge in [0.25, 0.3) is 5.91 Å². The minimum absolute atomic E-state index is 0.198. The fraction of sp³-hybridized carbons (Fsp3) is 0.636. The van der Waals surface area contributed by atoms with Gasteiger partial charge in [-0.25, -0.2) is 0 Å². The van der Waals surface area contributed by atoms with Crippen LogP contribution >= 0.6 is 0 Å². The third-order valence-corrected chi connectivity index (χ3v) is 2.93. The molecule has 0 aromatic carbocycles. The second-order valence-electron chi connectivity index (χ2n) is 4.37. The van der Waals surface area contributed by atoms with Gasteiger partial charge in [0, 0.05) is 12.6 Å². The zero-order chi connectivity index (χ0) is 11.5. The van der Waals surface area contributed by atoms with E-state index >= 15 is 0 Å². The van der Waals surface area contributed by atoms with E-state index in [1.54, 1.807) is 13.0 Å². The molecule has 0 spiro atoms. The van der Waals surface area contributed by atoms with Crippen molar-refractivity contribution in [3.63, 3.8) is 0 Å². The smallest absolute Gasteiger partial charge is 0.273 e. The lowest BCUT2D eigenvalue weighted by molar-refractivity contribution is 0.0936. The Morgan fingerprint density at radius 1 is 1.69 bits per heavy atom. The highest BCUT2D eigenvalue weighted by Gasteiger charge is 2.23. The van der Waals surface area contributed by atoms with E-state index in [0.717, 1.165) is 19.3 Å². The van der Waals surface area contributed by atoms with E-state index in [1.165, 1.54) is 0 Å². The molecule has 1 aliphatic carbocycles. The van der Waals surface area contributed by atoms with Crippen LogP contribution in [0.15, 0.2) is 10.6 Å². The van der Waals surface area contributed by atoms with Crippen LogP contribution in [-0.2, 0) is 0 Å². The number of amides is 1. The van der Waals surface area contributed by atoms with Gasteiger partial charge in [-0.15, -0.1) is 0 Å². The lowest BCUT2D eigenvalue weighted by Gasteiger charge is -2.09. The first-order valence-corrected chi connectivity index (χ1v) is 5.54. The molecule has 1 fully saturated rings. The van der Waals surface area contributed by atoms with Crippen LogP contribution in [-0.4, -0.2) is 28.8 Å². The Bertz CT molecular complexity index is 375. The van der Waals surface area contributed by atoms with E-state index in [-0.39, 0.29) is 12.0 Å². The van der Waals surface area contributed by atoms with E-state index in [1.807, 2.05) is 0 Å². The van der Waals surface area contributed by atoms with Gasteiger partial charge < -0.3 is 14.9 Å². The first-order valence-electron chi connectivity index (χ1n) is 5.54. The number of aliphatic hydroxyl groups excluding tert-OH is 1. The number of aryl methyl sites for hydroxylation is 1. The molecule has 0 saturated heterocycles. The standard InChI is InChI=1S/C11H16N2O3/c1-7-4-10(13-16-7)11(15)12-6-8-2-3-9(14)5-8/h4,8-9,14H,2-3,5-6H2,1H3,(H,12,15). The number of carbonyl (C=O) groups is 1. The Kier molecular flexibility index (Phi) is 3.24. The number of rotatable bonds is 3. The Hall–Kier alpha value is -1.36. The second-order valence-corrected chi connectivity index (χ2v) is 4.37. The normalized spacial score (nSPS) is 24.6. The molecule has 88 valence electrons. The van der Waals surface area contributed by atoms with Crippen molar-refractivity contribution in [2.24, 2.45) is 5.92 Å². The van der Waals surface area contributed by atoms with Crippen LogP contribution in [0.5, 0.6) is 0 Å². The van der Waals surface area contributed by atoms with Gasteiger partial charge in [-0.1, -0.05) is 5.16 Å². The Balaban J connectivity index is 1.80. The van der Waals surface area contributed by atoms with Crippen LogP contribution in [0.4, 0.5) is 0 Å². The highest BCUT2D eigenvalue weighted by Crippen LogP contribution is 2.24. The van der Waals surface area contributed by atoms with Crippen LogP contribution < -0.4 is 5.32 Å². The van der Waals surface area contributed by atoms with E-state index in [2.05, 4.69) is 10.5 Å². The van der Waals surface area contributed by atoms with Gasteiger partial charge in [0.2, 0.25) is 0 Å². The average Bonchev–Trinajstić information content (AvgIpc) is 2.84. The predicted octanol–water partition coefficient (Wildman–Crippen LogP) is 0.874. The van der Waals surface area contributed by atoms with Crippen molar-refractivity contribution in [1.82, 2.24) is 10.5 Å². The molecule has 16 heavy (non-hydrogen) atoms. The Labute approximate surface area is 93.8 Å². The number of hydrogen-bond donors (Lipinski definition) is 2. The molecule has 1 aliphatic rings. The number of nitrogens with zero attached hydrogens (tertiary/aromatic N) is 1. The van der Waals surface area contributed by atoms with Gasteiger partial charge in [0.1, 0.15) is 5.76 Å². The van der Waals surface area contributed by atoms with Gasteiger partial charge >= 0.3 is 0 Å². The summed E-state index contributed by atoms with van der Waals surface area (Å²) in [5, 5.41) is 15.8. The molecular weight excluding hydrogens is 208 g/mol. The molecule has 0 radical (unpaired) electrons. The zero-order valence-electron chi connectivity index (χ0n) is 9.27. The van der Waals surface area contributed by atoms with Gasteiger partial charge in [-0.05, 0) is 32.1 Å². The minimum atomic E-state index is -0.210. The second kappa shape index (κ2) is 4.65. The van der Waals surface area contributed by atoms with Crippen molar-refractivity contribution in [2.75, 3.05) is 6.54 Å². The molecule has 5 heteroatoms. The van der Waals surface area contributed by atoms with E-state index in [9.17, 15) is 9.90 Å². The molecule has 5 nitrogen and oxygen atoms in total. The topological polar surface area (TPSA) is 75.4 Å². The first-order chi connectivity index (χ1) is 7.65. The summed E-state index contributed by atoms with van der Waals surface area (Å²) in [5.41, 5.74) is 0.316. The molecule has 2 N–H and O–H groups in total. The minimum Gasteiger partial charge on any atom is -0.393 e. The number of carbonyl (C=O) groups excluding carboxylic acids is 1. The van der Waals surface area contributed by atoms with E-state index in [4.69, 9.17) is 4.52 Å². The summed E-state index contributed by atoms with van der Waals surface area (Å²) in [6, 6.07) is 1.61. The summed E-state index contributed by atoms with van der Waals surface area (Å²) in [6.45, 7) is 2.35. The zero-order valence-corrected chi connectivity index (χ0v) is 9.27. The Morgan fingerprint density at radius 2 is 2.50 bits per heavy atom. The summed E-state index contributed by atoms with van der Waals surface area (Å²) < 4.78 is 4.82. The molecule has 0 bridgehead atoms. The highest BCUT2D eigenvalue weighted by atomic mass is 16.5. The third-order valence-electron chi connectivity index (χ3n) is 2.93. The molecule has 2 rings (SSSR count). The summed E-state index contributed by atoms with van der Waals surface area (Å²) >= 11 is 0. The maximum atomic E-state index is 11.6. The fourth-order valence-electron chi connectivity index (χ4n) is 2.03. The average molecular weight is 224 g/mol. The summed E-state index contributed by atoms with van der Waals surface area (Å²) in [6.07, 6.45) is 2.39. The molecule has 2 unspecified atom stereocenters. The van der Waals surface area contributed by atoms with Gasteiger partial charge in [-0.2, -0.15) is 0 Å². The monoisotopic (exact) mass is 224 g/mol. The van der Waals surface area contributed by atoms with Gasteiger partial charge in [-0.3, -0.25) is 4.79 Å². The maximum absolute atomic E-state index is 11.6. The molecule has 2 atom stereocenters. The number of nitrogens with one attached hydrogen (secondary N) is 1. The molecule has 1 aromatic rings. The molecular formula is C11H16N2O3. The lowest BCUT2D eigenvalue weighted by atomic mass is 10.1.